The number of carboxylic acids is 1. The van der Waals surface area contributed by atoms with Gasteiger partial charge in [-0.15, -0.1) is 0 Å². The predicted molar refractivity (Wildman–Crippen MR) is 87.8 cm³/mol. The van der Waals surface area contributed by atoms with Crippen LogP contribution >= 0.6 is 0 Å². The van der Waals surface area contributed by atoms with Gasteiger partial charge in [-0.3, -0.25) is 9.59 Å². The lowest BCUT2D eigenvalue weighted by molar-refractivity contribution is -0.182. The van der Waals surface area contributed by atoms with Crippen LogP contribution in [0.2, 0.25) is 0 Å². The number of allylic oxidation sites excluding steroid dienone is 1. The molecule has 0 amide bonds. The van der Waals surface area contributed by atoms with E-state index in [0.717, 1.165) is 56.9 Å². The number of ketones is 1. The highest BCUT2D eigenvalue weighted by Gasteiger charge is 2.67. The van der Waals surface area contributed by atoms with Gasteiger partial charge >= 0.3 is 5.97 Å². The van der Waals surface area contributed by atoms with Crippen LogP contribution in [-0.4, -0.2) is 16.9 Å². The number of carboxylic acid groups (broad SMARTS) is 1. The molecule has 126 valence electrons. The average molecular weight is 316 g/mol. The maximum atomic E-state index is 13.0. The summed E-state index contributed by atoms with van der Waals surface area (Å²) in [5.74, 6) is 0.645. The Morgan fingerprint density at radius 2 is 1.87 bits per heavy atom. The van der Waals surface area contributed by atoms with E-state index in [9.17, 15) is 14.7 Å². The first-order valence-electron chi connectivity index (χ1n) is 9.23. The van der Waals surface area contributed by atoms with Crippen LogP contribution < -0.4 is 0 Å². The molecule has 3 heteroatoms. The van der Waals surface area contributed by atoms with Crippen LogP contribution in [0.1, 0.15) is 65.2 Å². The van der Waals surface area contributed by atoms with Gasteiger partial charge < -0.3 is 5.11 Å². The molecule has 2 bridgehead atoms. The molecule has 0 radical (unpaired) electrons. The Kier molecular flexibility index (Phi) is 3.01. The molecule has 3 nitrogen and oxygen atoms in total. The molecular formula is C20H28O3. The van der Waals surface area contributed by atoms with Gasteiger partial charge in [0.15, 0.2) is 5.78 Å². The number of fused-ring (bicyclic) bond motifs is 3. The Morgan fingerprint density at radius 1 is 1.13 bits per heavy atom. The highest BCUT2D eigenvalue weighted by Crippen LogP contribution is 2.71. The van der Waals surface area contributed by atoms with Crippen molar-refractivity contribution in [3.05, 3.63) is 12.2 Å². The lowest BCUT2D eigenvalue weighted by Gasteiger charge is -2.62. The fraction of sp³-hybridized carbons (Fsp3) is 0.800. The standard InChI is InChI=1S/C20H28O3/c1-12-13-5-6-15-18(2)8-4-9-19(3,17(22)23)14(18)7-10-20(15,11-13)16(12)21/h13-15H,1,4-11H2,2-3H3,(H,22,23)/t13-,14?,15+,18-,19-,20-/m1/s1. The van der Waals surface area contributed by atoms with Crippen LogP contribution in [0.25, 0.3) is 0 Å². The number of aliphatic carboxylic acids is 1. The first-order chi connectivity index (χ1) is 10.8. The molecule has 0 aliphatic heterocycles. The van der Waals surface area contributed by atoms with Gasteiger partial charge in [0, 0.05) is 5.41 Å². The summed E-state index contributed by atoms with van der Waals surface area (Å²) in [7, 11) is 0. The van der Waals surface area contributed by atoms with Crippen LogP contribution in [0.3, 0.4) is 0 Å². The summed E-state index contributed by atoms with van der Waals surface area (Å²) in [6, 6.07) is 0. The van der Waals surface area contributed by atoms with Crippen molar-refractivity contribution in [2.75, 3.05) is 0 Å². The fourth-order valence-electron chi connectivity index (χ4n) is 7.37. The summed E-state index contributed by atoms with van der Waals surface area (Å²) in [6.07, 6.45) is 7.75. The lowest BCUT2D eigenvalue weighted by atomic mass is 9.41. The summed E-state index contributed by atoms with van der Waals surface area (Å²) in [6.45, 7) is 8.36. The third kappa shape index (κ3) is 1.66. The molecule has 0 heterocycles. The Bertz CT molecular complexity index is 608. The molecule has 0 saturated heterocycles. The summed E-state index contributed by atoms with van der Waals surface area (Å²) in [5.41, 5.74) is 0.0347. The zero-order valence-electron chi connectivity index (χ0n) is 14.4. The van der Waals surface area contributed by atoms with E-state index in [1.54, 1.807) is 0 Å². The number of hydrogen-bond acceptors (Lipinski definition) is 2. The van der Waals surface area contributed by atoms with Gasteiger partial charge in [-0.1, -0.05) is 19.9 Å². The van der Waals surface area contributed by atoms with Gasteiger partial charge in [0.25, 0.3) is 0 Å². The molecule has 23 heavy (non-hydrogen) atoms. The SMILES string of the molecule is C=C1C(=O)[C@@]23CCC4[C@](C)(C(=O)O)CCC[C@@]4(C)[C@@H]2CC[C@@H]1C3. The highest BCUT2D eigenvalue weighted by atomic mass is 16.4. The van der Waals surface area contributed by atoms with Crippen LogP contribution in [0.5, 0.6) is 0 Å². The quantitative estimate of drug-likeness (QED) is 0.737. The third-order valence-electron chi connectivity index (χ3n) is 8.46. The summed E-state index contributed by atoms with van der Waals surface area (Å²) in [5, 5.41) is 9.89. The van der Waals surface area contributed by atoms with Crippen molar-refractivity contribution in [2.24, 2.45) is 34.0 Å². The van der Waals surface area contributed by atoms with E-state index >= 15 is 0 Å². The molecular weight excluding hydrogens is 288 g/mol. The van der Waals surface area contributed by atoms with E-state index in [4.69, 9.17) is 0 Å². The monoisotopic (exact) mass is 316 g/mol. The minimum absolute atomic E-state index is 0.00507. The summed E-state index contributed by atoms with van der Waals surface area (Å²) >= 11 is 0. The van der Waals surface area contributed by atoms with E-state index in [1.165, 1.54) is 0 Å². The molecule has 0 aromatic heterocycles. The average Bonchev–Trinajstić information content (AvgIpc) is 2.68. The van der Waals surface area contributed by atoms with Crippen molar-refractivity contribution < 1.29 is 14.7 Å². The largest absolute Gasteiger partial charge is 0.481 e. The molecule has 0 aromatic rings. The van der Waals surface area contributed by atoms with Gasteiger partial charge in [-0.2, -0.15) is 0 Å². The van der Waals surface area contributed by atoms with E-state index in [1.807, 2.05) is 6.92 Å². The fourth-order valence-corrected chi connectivity index (χ4v) is 7.37. The Hall–Kier alpha value is -1.12. The summed E-state index contributed by atoms with van der Waals surface area (Å²) < 4.78 is 0. The molecule has 4 saturated carbocycles. The van der Waals surface area contributed by atoms with E-state index in [2.05, 4.69) is 13.5 Å². The van der Waals surface area contributed by atoms with Gasteiger partial charge in [0.1, 0.15) is 0 Å². The van der Waals surface area contributed by atoms with Crippen LogP contribution in [0.4, 0.5) is 0 Å². The second-order valence-electron chi connectivity index (χ2n) is 9.21. The lowest BCUT2D eigenvalue weighted by Crippen LogP contribution is -2.59. The molecule has 4 aliphatic rings. The molecule has 4 rings (SSSR count). The maximum Gasteiger partial charge on any atom is 0.309 e. The van der Waals surface area contributed by atoms with E-state index < -0.39 is 11.4 Å². The van der Waals surface area contributed by atoms with Crippen LogP contribution in [0.15, 0.2) is 12.2 Å². The second kappa shape index (κ2) is 4.49. The number of carbonyl (C=O) groups is 2. The second-order valence-corrected chi connectivity index (χ2v) is 9.21. The third-order valence-corrected chi connectivity index (χ3v) is 8.46. The predicted octanol–water partition coefficient (Wildman–Crippen LogP) is 4.22. The smallest absolute Gasteiger partial charge is 0.309 e. The highest BCUT2D eigenvalue weighted by molar-refractivity contribution is 6.03. The van der Waals surface area contributed by atoms with Gasteiger partial charge in [-0.05, 0) is 80.6 Å². The zero-order chi connectivity index (χ0) is 16.6. The summed E-state index contributed by atoms with van der Waals surface area (Å²) in [4.78, 5) is 25.1. The molecule has 0 aromatic carbocycles. The van der Waals surface area contributed by atoms with Crippen LogP contribution in [0, 0.1) is 34.0 Å². The maximum absolute atomic E-state index is 13.0. The normalized spacial score (nSPS) is 52.0. The van der Waals surface area contributed by atoms with Gasteiger partial charge in [0.05, 0.1) is 5.41 Å². The van der Waals surface area contributed by atoms with E-state index in [0.29, 0.717) is 17.6 Å². The first-order valence-corrected chi connectivity index (χ1v) is 9.23. The number of rotatable bonds is 1. The number of carbonyl (C=O) groups excluding carboxylic acids is 1. The Morgan fingerprint density at radius 3 is 2.57 bits per heavy atom. The van der Waals surface area contributed by atoms with Crippen molar-refractivity contribution in [1.82, 2.24) is 0 Å². The Balaban J connectivity index is 1.79. The number of hydrogen-bond donors (Lipinski definition) is 1. The van der Waals surface area contributed by atoms with Crippen molar-refractivity contribution >= 4 is 11.8 Å². The Labute approximate surface area is 138 Å². The first kappa shape index (κ1) is 15.4. The van der Waals surface area contributed by atoms with Crippen molar-refractivity contribution in [3.63, 3.8) is 0 Å². The van der Waals surface area contributed by atoms with Crippen LogP contribution in [-0.2, 0) is 9.59 Å². The molecule has 1 spiro atoms. The molecule has 1 unspecified atom stereocenters. The van der Waals surface area contributed by atoms with Gasteiger partial charge in [0.2, 0.25) is 0 Å². The molecule has 4 aliphatic carbocycles. The number of Topliss-reactive ketones (excluding diaryl/α,β-unsaturated/α-hetero) is 1. The van der Waals surface area contributed by atoms with Crippen molar-refractivity contribution in [1.29, 1.82) is 0 Å². The minimum Gasteiger partial charge on any atom is -0.481 e. The topological polar surface area (TPSA) is 54.4 Å². The van der Waals surface area contributed by atoms with Crippen molar-refractivity contribution in [2.45, 2.75) is 65.2 Å². The van der Waals surface area contributed by atoms with Crippen molar-refractivity contribution in [3.8, 4) is 0 Å². The minimum atomic E-state index is -0.639. The zero-order valence-corrected chi connectivity index (χ0v) is 14.4. The molecule has 6 atom stereocenters. The molecule has 1 N–H and O–H groups in total. The van der Waals surface area contributed by atoms with Gasteiger partial charge in [-0.25, -0.2) is 0 Å². The molecule has 4 fully saturated rings. The van der Waals surface area contributed by atoms with E-state index in [-0.39, 0.29) is 16.7 Å².